The highest BCUT2D eigenvalue weighted by Crippen LogP contribution is 2.21. The molecule has 0 aromatic heterocycles. The maximum atomic E-state index is 12.6. The number of hydrogen-bond donors (Lipinski definition) is 1. The summed E-state index contributed by atoms with van der Waals surface area (Å²) >= 11 is 0. The van der Waals surface area contributed by atoms with E-state index >= 15 is 0 Å². The Labute approximate surface area is 185 Å². The van der Waals surface area contributed by atoms with Crippen LogP contribution in [-0.4, -0.2) is 50.6 Å². The molecule has 0 atom stereocenters. The Bertz CT molecular complexity index is 939. The van der Waals surface area contributed by atoms with Gasteiger partial charge in [0.05, 0.1) is 12.3 Å². The number of amides is 1. The van der Waals surface area contributed by atoms with Crippen LogP contribution in [0.4, 0.5) is 0 Å². The molecule has 0 aliphatic carbocycles. The number of rotatable bonds is 10. The Morgan fingerprint density at radius 2 is 1.74 bits per heavy atom. The largest absolute Gasteiger partial charge is 0.491 e. The number of hydrogen-bond acceptors (Lipinski definition) is 4. The number of ether oxygens (including phenoxy) is 1. The van der Waals surface area contributed by atoms with Crippen molar-refractivity contribution >= 4 is 15.9 Å². The van der Waals surface area contributed by atoms with Gasteiger partial charge >= 0.3 is 0 Å². The summed E-state index contributed by atoms with van der Waals surface area (Å²) in [6.45, 7) is 3.64. The van der Waals surface area contributed by atoms with Gasteiger partial charge in [0.1, 0.15) is 12.4 Å². The number of benzene rings is 2. The Morgan fingerprint density at radius 1 is 1.06 bits per heavy atom. The van der Waals surface area contributed by atoms with Crippen LogP contribution in [0.5, 0.6) is 5.75 Å². The zero-order valence-corrected chi connectivity index (χ0v) is 18.9. The van der Waals surface area contributed by atoms with E-state index in [0.717, 1.165) is 23.3 Å². The molecule has 1 amide bonds. The summed E-state index contributed by atoms with van der Waals surface area (Å²) in [5, 5.41) is 2.92. The average Bonchev–Trinajstić information content (AvgIpc) is 2.78. The molecule has 0 unspecified atom stereocenters. The molecule has 2 aromatic carbocycles. The van der Waals surface area contributed by atoms with Crippen molar-refractivity contribution in [3.05, 3.63) is 65.7 Å². The average molecular weight is 445 g/mol. The summed E-state index contributed by atoms with van der Waals surface area (Å²) in [7, 11) is -3.28. The monoisotopic (exact) mass is 444 g/mol. The van der Waals surface area contributed by atoms with Gasteiger partial charge in [-0.15, -0.1) is 0 Å². The van der Waals surface area contributed by atoms with Gasteiger partial charge in [0.25, 0.3) is 0 Å². The van der Waals surface area contributed by atoms with Crippen molar-refractivity contribution in [2.24, 2.45) is 5.92 Å². The molecule has 1 heterocycles. The molecule has 1 N–H and O–H groups in total. The van der Waals surface area contributed by atoms with Crippen LogP contribution in [0.15, 0.2) is 54.6 Å². The van der Waals surface area contributed by atoms with E-state index < -0.39 is 10.0 Å². The minimum Gasteiger partial charge on any atom is -0.491 e. The lowest BCUT2D eigenvalue weighted by Crippen LogP contribution is -2.44. The summed E-state index contributed by atoms with van der Waals surface area (Å²) in [6.07, 6.45) is 2.47. The smallest absolute Gasteiger partial charge is 0.223 e. The fourth-order valence-electron chi connectivity index (χ4n) is 3.83. The molecular weight excluding hydrogens is 412 g/mol. The van der Waals surface area contributed by atoms with Crippen molar-refractivity contribution in [1.29, 1.82) is 0 Å². The number of nitrogens with one attached hydrogen (secondary N) is 1. The van der Waals surface area contributed by atoms with Gasteiger partial charge in [-0.05, 0) is 49.8 Å². The zero-order chi connectivity index (χ0) is 22.1. The molecule has 3 rings (SSSR count). The molecule has 2 aromatic rings. The normalized spacial score (nSPS) is 15.5. The molecule has 7 heteroatoms. The predicted molar refractivity (Wildman–Crippen MR) is 123 cm³/mol. The highest BCUT2D eigenvalue weighted by molar-refractivity contribution is 7.89. The van der Waals surface area contributed by atoms with E-state index in [1.54, 1.807) is 4.31 Å². The fourth-order valence-corrected chi connectivity index (χ4v) is 5.36. The Morgan fingerprint density at radius 3 is 2.45 bits per heavy atom. The second-order valence-electron chi connectivity index (χ2n) is 7.98. The Hall–Kier alpha value is -2.38. The number of sulfonamides is 1. The van der Waals surface area contributed by atoms with Gasteiger partial charge in [0.15, 0.2) is 0 Å². The number of carbonyl (C=O) groups excluding carboxylic acids is 1. The molecule has 168 valence electrons. The van der Waals surface area contributed by atoms with Crippen LogP contribution in [0, 0.1) is 12.8 Å². The van der Waals surface area contributed by atoms with E-state index in [1.165, 1.54) is 0 Å². The third-order valence-corrected chi connectivity index (χ3v) is 7.64. The van der Waals surface area contributed by atoms with Gasteiger partial charge in [0, 0.05) is 19.0 Å². The third kappa shape index (κ3) is 7.08. The summed E-state index contributed by atoms with van der Waals surface area (Å²) < 4.78 is 32.5. The fraction of sp³-hybridized carbons (Fsp3) is 0.458. The standard InChI is InChI=1S/C24H32N2O4S/c1-20-8-5-6-12-23(20)30-18-15-25-24(27)22-13-16-26(17-14-22)31(28,29)19-7-11-21-9-3-2-4-10-21/h2-6,8-10,12,22H,7,11,13-19H2,1H3,(H,25,27). The number of piperidine rings is 1. The van der Waals surface area contributed by atoms with Crippen LogP contribution in [-0.2, 0) is 21.2 Å². The predicted octanol–water partition coefficient (Wildman–Crippen LogP) is 3.16. The van der Waals surface area contributed by atoms with E-state index in [4.69, 9.17) is 4.74 Å². The number of para-hydroxylation sites is 1. The lowest BCUT2D eigenvalue weighted by Gasteiger charge is -2.30. The highest BCUT2D eigenvalue weighted by atomic mass is 32.2. The lowest BCUT2D eigenvalue weighted by molar-refractivity contribution is -0.126. The van der Waals surface area contributed by atoms with Crippen molar-refractivity contribution in [3.8, 4) is 5.75 Å². The minimum absolute atomic E-state index is 0.0190. The first-order valence-corrected chi connectivity index (χ1v) is 12.5. The molecule has 0 spiro atoms. The van der Waals surface area contributed by atoms with Gasteiger partial charge in [-0.2, -0.15) is 0 Å². The van der Waals surface area contributed by atoms with Gasteiger partial charge in [0.2, 0.25) is 15.9 Å². The van der Waals surface area contributed by atoms with Crippen LogP contribution in [0.25, 0.3) is 0 Å². The molecule has 1 aliphatic heterocycles. The summed E-state index contributed by atoms with van der Waals surface area (Å²) in [5.74, 6) is 0.806. The van der Waals surface area contributed by atoms with E-state index in [-0.39, 0.29) is 17.6 Å². The van der Waals surface area contributed by atoms with Gasteiger partial charge in [-0.25, -0.2) is 12.7 Å². The summed E-state index contributed by atoms with van der Waals surface area (Å²) in [4.78, 5) is 12.4. The molecule has 1 fully saturated rings. The molecule has 6 nitrogen and oxygen atoms in total. The zero-order valence-electron chi connectivity index (χ0n) is 18.1. The third-order valence-electron chi connectivity index (χ3n) is 5.68. The second-order valence-corrected chi connectivity index (χ2v) is 10.1. The topological polar surface area (TPSA) is 75.7 Å². The van der Waals surface area contributed by atoms with E-state index in [0.29, 0.717) is 45.5 Å². The minimum atomic E-state index is -3.28. The van der Waals surface area contributed by atoms with Gasteiger partial charge in [-0.3, -0.25) is 4.79 Å². The summed E-state index contributed by atoms with van der Waals surface area (Å²) in [6, 6.07) is 17.7. The van der Waals surface area contributed by atoms with Crippen LogP contribution < -0.4 is 10.1 Å². The molecule has 0 saturated carbocycles. The molecule has 0 radical (unpaired) electrons. The summed E-state index contributed by atoms with van der Waals surface area (Å²) in [5.41, 5.74) is 2.21. The number of nitrogens with zero attached hydrogens (tertiary/aromatic N) is 1. The molecule has 1 aliphatic rings. The van der Waals surface area contributed by atoms with E-state index in [1.807, 2.05) is 61.5 Å². The van der Waals surface area contributed by atoms with E-state index in [9.17, 15) is 13.2 Å². The van der Waals surface area contributed by atoms with Crippen LogP contribution in [0.2, 0.25) is 0 Å². The van der Waals surface area contributed by atoms with Crippen LogP contribution >= 0.6 is 0 Å². The Balaban J connectivity index is 1.35. The number of carbonyl (C=O) groups is 1. The van der Waals surface area contributed by atoms with E-state index in [2.05, 4.69) is 5.32 Å². The van der Waals surface area contributed by atoms with Crippen molar-refractivity contribution in [1.82, 2.24) is 9.62 Å². The maximum Gasteiger partial charge on any atom is 0.223 e. The highest BCUT2D eigenvalue weighted by Gasteiger charge is 2.30. The SMILES string of the molecule is Cc1ccccc1OCCNC(=O)C1CCN(S(=O)(=O)CCCc2ccccc2)CC1. The van der Waals surface area contributed by atoms with Crippen LogP contribution in [0.1, 0.15) is 30.4 Å². The second kappa shape index (κ2) is 11.3. The molecular formula is C24H32N2O4S. The molecule has 0 bridgehead atoms. The van der Waals surface area contributed by atoms with Crippen molar-refractivity contribution in [3.63, 3.8) is 0 Å². The quantitative estimate of drug-likeness (QED) is 0.571. The first kappa shape index (κ1) is 23.3. The van der Waals surface area contributed by atoms with Crippen LogP contribution in [0.3, 0.4) is 0 Å². The van der Waals surface area contributed by atoms with Crippen molar-refractivity contribution in [2.45, 2.75) is 32.6 Å². The Kier molecular flexibility index (Phi) is 8.49. The first-order valence-electron chi connectivity index (χ1n) is 10.9. The lowest BCUT2D eigenvalue weighted by atomic mass is 9.97. The molecule has 31 heavy (non-hydrogen) atoms. The molecule has 1 saturated heterocycles. The van der Waals surface area contributed by atoms with Gasteiger partial charge < -0.3 is 10.1 Å². The maximum absolute atomic E-state index is 12.6. The van der Waals surface area contributed by atoms with Gasteiger partial charge in [-0.1, -0.05) is 48.5 Å². The van der Waals surface area contributed by atoms with Crippen molar-refractivity contribution < 1.29 is 17.9 Å². The number of aryl methyl sites for hydroxylation is 2. The van der Waals surface area contributed by atoms with Crippen molar-refractivity contribution in [2.75, 3.05) is 32.0 Å². The first-order chi connectivity index (χ1) is 15.0.